The number of hydrogen-bond acceptors (Lipinski definition) is 3. The first-order valence-electron chi connectivity index (χ1n) is 6.27. The van der Waals surface area contributed by atoms with Crippen LogP contribution in [0, 0.1) is 5.92 Å². The van der Waals surface area contributed by atoms with Gasteiger partial charge in [-0.3, -0.25) is 4.90 Å². The van der Waals surface area contributed by atoms with Gasteiger partial charge in [0.05, 0.1) is 6.04 Å². The van der Waals surface area contributed by atoms with Gasteiger partial charge in [0.1, 0.15) is 0 Å². The molecule has 3 atom stereocenters. The van der Waals surface area contributed by atoms with E-state index >= 15 is 0 Å². The van der Waals surface area contributed by atoms with Crippen LogP contribution in [0.15, 0.2) is 40.6 Å². The average Bonchev–Trinajstić information content (AvgIpc) is 2.88. The molecule has 3 nitrogen and oxygen atoms in total. The van der Waals surface area contributed by atoms with Gasteiger partial charge in [-0.05, 0) is 5.56 Å². The van der Waals surface area contributed by atoms with E-state index < -0.39 is 18.1 Å². The molecule has 0 aromatic heterocycles. The zero-order valence-electron chi connectivity index (χ0n) is 10.2. The Labute approximate surface area is 109 Å². The second-order valence-electron chi connectivity index (χ2n) is 5.13. The van der Waals surface area contributed by atoms with Crippen molar-refractivity contribution in [2.75, 3.05) is 13.1 Å². The lowest BCUT2D eigenvalue weighted by molar-refractivity contribution is -0.155. The van der Waals surface area contributed by atoms with Crippen molar-refractivity contribution in [1.82, 2.24) is 4.90 Å². The van der Waals surface area contributed by atoms with Crippen LogP contribution >= 0.6 is 0 Å². The number of alkyl halides is 3. The van der Waals surface area contributed by atoms with E-state index in [1.54, 1.807) is 0 Å². The van der Waals surface area contributed by atoms with Crippen LogP contribution < -0.4 is 0 Å². The van der Waals surface area contributed by atoms with Crippen LogP contribution in [0.1, 0.15) is 5.56 Å². The van der Waals surface area contributed by atoms with Crippen molar-refractivity contribution in [1.29, 1.82) is 0 Å². The van der Waals surface area contributed by atoms with Gasteiger partial charge < -0.3 is 0 Å². The van der Waals surface area contributed by atoms with Crippen molar-refractivity contribution in [3.8, 4) is 0 Å². The predicted octanol–water partition coefficient (Wildman–Crippen LogP) is 2.88. The third kappa shape index (κ3) is 2.49. The molecule has 1 fully saturated rings. The summed E-state index contributed by atoms with van der Waals surface area (Å²) < 4.78 is 38.3. The highest BCUT2D eigenvalue weighted by Gasteiger charge is 2.54. The van der Waals surface area contributed by atoms with Crippen LogP contribution in [0.3, 0.4) is 0 Å². The quantitative estimate of drug-likeness (QED) is 0.811. The largest absolute Gasteiger partial charge is 0.412 e. The topological polar surface area (TPSA) is 28.0 Å². The minimum Gasteiger partial charge on any atom is -0.296 e. The summed E-state index contributed by atoms with van der Waals surface area (Å²) in [5, 5.41) is 7.21. The summed E-state index contributed by atoms with van der Waals surface area (Å²) in [6.45, 7) is 1.65. The van der Waals surface area contributed by atoms with Crippen molar-refractivity contribution in [2.45, 2.75) is 24.8 Å². The molecule has 0 amide bonds. The summed E-state index contributed by atoms with van der Waals surface area (Å²) in [6.07, 6.45) is -4.27. The van der Waals surface area contributed by atoms with Crippen LogP contribution in [0.5, 0.6) is 0 Å². The molecule has 1 saturated heterocycles. The maximum absolute atomic E-state index is 12.8. The van der Waals surface area contributed by atoms with Crippen LogP contribution in [0.25, 0.3) is 0 Å². The molecule has 3 rings (SSSR count). The van der Waals surface area contributed by atoms with Crippen LogP contribution in [0.2, 0.25) is 0 Å². The van der Waals surface area contributed by atoms with Gasteiger partial charge in [0.15, 0.2) is 6.04 Å². The van der Waals surface area contributed by atoms with Crippen LogP contribution in [-0.2, 0) is 6.54 Å². The number of rotatable bonds is 2. The second-order valence-corrected chi connectivity index (χ2v) is 5.13. The first kappa shape index (κ1) is 12.6. The molecule has 0 aliphatic carbocycles. The molecule has 1 aromatic rings. The third-order valence-corrected chi connectivity index (χ3v) is 3.74. The van der Waals surface area contributed by atoms with Crippen LogP contribution in [-0.4, -0.2) is 36.2 Å². The first-order chi connectivity index (χ1) is 9.04. The SMILES string of the molecule is FC(F)(F)C1N=NC2CN(Cc3ccccc3)CC21. The predicted molar refractivity (Wildman–Crippen MR) is 63.7 cm³/mol. The van der Waals surface area contributed by atoms with Gasteiger partial charge in [-0.2, -0.15) is 23.4 Å². The summed E-state index contributed by atoms with van der Waals surface area (Å²) in [5.74, 6) is -0.510. The van der Waals surface area contributed by atoms with E-state index in [1.807, 2.05) is 35.2 Å². The van der Waals surface area contributed by atoms with Crippen molar-refractivity contribution < 1.29 is 13.2 Å². The fourth-order valence-corrected chi connectivity index (χ4v) is 2.85. The molecular weight excluding hydrogens is 255 g/mol. The molecule has 2 aliphatic rings. The third-order valence-electron chi connectivity index (χ3n) is 3.74. The standard InChI is InChI=1S/C13H14F3N3/c14-13(15,16)12-10-7-19(8-11(10)17-18-12)6-9-4-2-1-3-5-9/h1-5,10-12H,6-8H2. The minimum atomic E-state index is -4.27. The summed E-state index contributed by atoms with van der Waals surface area (Å²) in [6, 6.07) is 7.85. The van der Waals surface area contributed by atoms with Gasteiger partial charge in [0.2, 0.25) is 0 Å². The monoisotopic (exact) mass is 269 g/mol. The molecule has 0 spiro atoms. The maximum Gasteiger partial charge on any atom is 0.412 e. The van der Waals surface area contributed by atoms with Gasteiger partial charge >= 0.3 is 6.18 Å². The molecule has 19 heavy (non-hydrogen) atoms. The molecule has 1 aromatic carbocycles. The fraction of sp³-hybridized carbons (Fsp3) is 0.538. The fourth-order valence-electron chi connectivity index (χ4n) is 2.85. The zero-order chi connectivity index (χ0) is 13.5. The molecule has 0 bridgehead atoms. The highest BCUT2D eigenvalue weighted by molar-refractivity contribution is 5.15. The molecule has 3 unspecified atom stereocenters. The lowest BCUT2D eigenvalue weighted by Crippen LogP contribution is -2.36. The Hall–Kier alpha value is -1.43. The Kier molecular flexibility index (Phi) is 3.05. The van der Waals surface area contributed by atoms with E-state index in [4.69, 9.17) is 0 Å². The van der Waals surface area contributed by atoms with Gasteiger partial charge in [-0.15, -0.1) is 0 Å². The molecule has 2 heterocycles. The first-order valence-corrected chi connectivity index (χ1v) is 6.27. The second kappa shape index (κ2) is 4.59. The van der Waals surface area contributed by atoms with E-state index in [2.05, 4.69) is 10.2 Å². The van der Waals surface area contributed by atoms with Gasteiger partial charge in [-0.25, -0.2) is 0 Å². The molecule has 0 saturated carbocycles. The number of halogens is 3. The maximum atomic E-state index is 12.8. The number of likely N-dealkylation sites (tertiary alicyclic amines) is 1. The van der Waals surface area contributed by atoms with Crippen molar-refractivity contribution in [2.24, 2.45) is 16.1 Å². The van der Waals surface area contributed by atoms with Crippen molar-refractivity contribution >= 4 is 0 Å². The van der Waals surface area contributed by atoms with Gasteiger partial charge in [0, 0.05) is 25.6 Å². The average molecular weight is 269 g/mol. The summed E-state index contributed by atoms with van der Waals surface area (Å²) in [4.78, 5) is 2.03. The molecule has 0 N–H and O–H groups in total. The number of nitrogens with zero attached hydrogens (tertiary/aromatic N) is 3. The zero-order valence-corrected chi connectivity index (χ0v) is 10.2. The molecular formula is C13H14F3N3. The van der Waals surface area contributed by atoms with Gasteiger partial charge in [-0.1, -0.05) is 30.3 Å². The Morgan fingerprint density at radius 2 is 1.84 bits per heavy atom. The highest BCUT2D eigenvalue weighted by Crippen LogP contribution is 2.39. The van der Waals surface area contributed by atoms with Gasteiger partial charge in [0.25, 0.3) is 0 Å². The highest BCUT2D eigenvalue weighted by atomic mass is 19.4. The van der Waals surface area contributed by atoms with Crippen molar-refractivity contribution in [3.05, 3.63) is 35.9 Å². The van der Waals surface area contributed by atoms with Crippen molar-refractivity contribution in [3.63, 3.8) is 0 Å². The van der Waals surface area contributed by atoms with Crippen LogP contribution in [0.4, 0.5) is 13.2 Å². The Balaban J connectivity index is 1.67. The smallest absolute Gasteiger partial charge is 0.296 e. The Morgan fingerprint density at radius 1 is 1.11 bits per heavy atom. The number of azo groups is 1. The summed E-state index contributed by atoms with van der Waals surface area (Å²) >= 11 is 0. The Morgan fingerprint density at radius 3 is 2.53 bits per heavy atom. The molecule has 6 heteroatoms. The number of benzene rings is 1. The summed E-state index contributed by atoms with van der Waals surface area (Å²) in [5.41, 5.74) is 1.11. The summed E-state index contributed by atoms with van der Waals surface area (Å²) in [7, 11) is 0. The Bertz CT molecular complexity index is 472. The van der Waals surface area contributed by atoms with E-state index in [9.17, 15) is 13.2 Å². The van der Waals surface area contributed by atoms with E-state index in [1.165, 1.54) is 0 Å². The van der Waals surface area contributed by atoms with E-state index in [-0.39, 0.29) is 6.04 Å². The molecule has 2 aliphatic heterocycles. The number of hydrogen-bond donors (Lipinski definition) is 0. The number of fused-ring (bicyclic) bond motifs is 1. The normalized spacial score (nSPS) is 30.8. The van der Waals surface area contributed by atoms with E-state index in [0.717, 1.165) is 5.56 Å². The lowest BCUT2D eigenvalue weighted by atomic mass is 9.97. The van der Waals surface area contributed by atoms with E-state index in [0.29, 0.717) is 19.6 Å². The molecule has 0 radical (unpaired) electrons. The molecule has 102 valence electrons. The minimum absolute atomic E-state index is 0.296. The lowest BCUT2D eigenvalue weighted by Gasteiger charge is -2.19.